The lowest BCUT2D eigenvalue weighted by Crippen LogP contribution is -2.30. The molecule has 1 atom stereocenters. The zero-order chi connectivity index (χ0) is 20.8. The number of primary amides is 1. The van der Waals surface area contributed by atoms with Crippen LogP contribution in [-0.4, -0.2) is 21.5 Å². The van der Waals surface area contributed by atoms with E-state index in [0.29, 0.717) is 17.8 Å². The molecule has 2 aromatic rings. The molecule has 1 amide bonds. The summed E-state index contributed by atoms with van der Waals surface area (Å²) in [5, 5.41) is 4.49. The van der Waals surface area contributed by atoms with E-state index in [1.54, 1.807) is 35.0 Å². The van der Waals surface area contributed by atoms with Gasteiger partial charge in [-0.3, -0.25) is 14.3 Å². The summed E-state index contributed by atoms with van der Waals surface area (Å²) < 4.78 is 14.9. The van der Waals surface area contributed by atoms with E-state index in [4.69, 9.17) is 5.73 Å². The van der Waals surface area contributed by atoms with E-state index in [1.807, 2.05) is 20.8 Å². The van der Waals surface area contributed by atoms with Crippen molar-refractivity contribution in [2.24, 2.45) is 17.6 Å². The number of nitrogens with two attached hydrogens (primary N) is 1. The van der Waals surface area contributed by atoms with E-state index in [1.165, 1.54) is 12.1 Å². The standard InChI is InChI=1S/C22H26FN3O2/c1-5-6-7-18-15(4)26(13-16-8-10-17(23)11-9-16)25-21(18)20(27)12-19(14(2)3)22(24)28/h5-11,14,19H,1,12-13H2,2-4H3,(H2,24,28)/b7-6-/t19-/m0/s1. The van der Waals surface area contributed by atoms with Crippen molar-refractivity contribution in [3.8, 4) is 0 Å². The molecule has 2 N–H and O–H groups in total. The first kappa shape index (κ1) is 21.3. The highest BCUT2D eigenvalue weighted by atomic mass is 19.1. The largest absolute Gasteiger partial charge is 0.369 e. The number of aromatic nitrogens is 2. The number of hydrogen-bond donors (Lipinski definition) is 1. The molecule has 0 aliphatic rings. The Kier molecular flexibility index (Phi) is 7.04. The van der Waals surface area contributed by atoms with Gasteiger partial charge in [-0.05, 0) is 30.5 Å². The Hall–Kier alpha value is -3.02. The molecular formula is C22H26FN3O2. The van der Waals surface area contributed by atoms with Crippen LogP contribution < -0.4 is 5.73 Å². The maximum absolute atomic E-state index is 13.1. The molecule has 2 rings (SSSR count). The molecule has 0 bridgehead atoms. The third-order valence-electron chi connectivity index (χ3n) is 4.74. The molecule has 0 unspecified atom stereocenters. The summed E-state index contributed by atoms with van der Waals surface area (Å²) in [6, 6.07) is 6.13. The highest BCUT2D eigenvalue weighted by Gasteiger charge is 2.27. The van der Waals surface area contributed by atoms with Crippen molar-refractivity contribution in [2.75, 3.05) is 0 Å². The van der Waals surface area contributed by atoms with E-state index in [9.17, 15) is 14.0 Å². The van der Waals surface area contributed by atoms with Gasteiger partial charge in [0.1, 0.15) is 11.5 Å². The first-order chi connectivity index (χ1) is 13.2. The fraction of sp³-hybridized carbons (Fsp3) is 0.318. The molecule has 0 saturated carbocycles. The molecule has 5 nitrogen and oxygen atoms in total. The van der Waals surface area contributed by atoms with Crippen molar-refractivity contribution in [2.45, 2.75) is 33.7 Å². The number of benzene rings is 1. The van der Waals surface area contributed by atoms with E-state index in [0.717, 1.165) is 11.3 Å². The van der Waals surface area contributed by atoms with Crippen LogP contribution in [0.4, 0.5) is 4.39 Å². The SMILES string of the molecule is C=C/C=C\c1c(C(=O)C[C@H](C(N)=O)C(C)C)nn(Cc2ccc(F)cc2)c1C. The summed E-state index contributed by atoms with van der Waals surface area (Å²) in [7, 11) is 0. The molecule has 0 saturated heterocycles. The Morgan fingerprint density at radius 2 is 1.93 bits per heavy atom. The van der Waals surface area contributed by atoms with Crippen LogP contribution >= 0.6 is 0 Å². The average molecular weight is 383 g/mol. The number of rotatable bonds is 9. The number of nitrogens with zero attached hydrogens (tertiary/aromatic N) is 2. The molecular weight excluding hydrogens is 357 g/mol. The summed E-state index contributed by atoms with van der Waals surface area (Å²) in [5.74, 6) is -1.63. The second-order valence-corrected chi connectivity index (χ2v) is 7.11. The van der Waals surface area contributed by atoms with Gasteiger partial charge < -0.3 is 5.73 Å². The zero-order valence-corrected chi connectivity index (χ0v) is 16.5. The molecule has 0 aliphatic heterocycles. The van der Waals surface area contributed by atoms with Crippen LogP contribution in [0.15, 0.2) is 43.0 Å². The number of ketones is 1. The summed E-state index contributed by atoms with van der Waals surface area (Å²) in [5.41, 5.74) is 8.09. The van der Waals surface area contributed by atoms with Crippen LogP contribution in [0.5, 0.6) is 0 Å². The van der Waals surface area contributed by atoms with E-state index < -0.39 is 11.8 Å². The minimum Gasteiger partial charge on any atom is -0.369 e. The highest BCUT2D eigenvalue weighted by molar-refractivity contribution is 6.00. The molecule has 0 spiro atoms. The van der Waals surface area contributed by atoms with Gasteiger partial charge in [0, 0.05) is 23.6 Å². The molecule has 1 aromatic heterocycles. The maximum atomic E-state index is 13.1. The zero-order valence-electron chi connectivity index (χ0n) is 16.5. The molecule has 0 aliphatic carbocycles. The van der Waals surface area contributed by atoms with Gasteiger partial charge >= 0.3 is 0 Å². The molecule has 6 heteroatoms. The van der Waals surface area contributed by atoms with Gasteiger partial charge in [-0.2, -0.15) is 5.10 Å². The van der Waals surface area contributed by atoms with Crippen molar-refractivity contribution in [1.82, 2.24) is 9.78 Å². The van der Waals surface area contributed by atoms with Crippen LogP contribution in [0, 0.1) is 24.6 Å². The lowest BCUT2D eigenvalue weighted by molar-refractivity contribution is -0.123. The second kappa shape index (κ2) is 9.26. The number of halogens is 1. The van der Waals surface area contributed by atoms with Gasteiger partial charge in [0.25, 0.3) is 0 Å². The van der Waals surface area contributed by atoms with Crippen LogP contribution in [0.1, 0.15) is 47.6 Å². The fourth-order valence-electron chi connectivity index (χ4n) is 3.01. The molecule has 28 heavy (non-hydrogen) atoms. The van der Waals surface area contributed by atoms with E-state index in [2.05, 4.69) is 11.7 Å². The van der Waals surface area contributed by atoms with Crippen molar-refractivity contribution < 1.29 is 14.0 Å². The number of hydrogen-bond acceptors (Lipinski definition) is 3. The number of allylic oxidation sites excluding steroid dienone is 2. The third kappa shape index (κ3) is 5.03. The summed E-state index contributed by atoms with van der Waals surface area (Å²) in [6.07, 6.45) is 5.13. The van der Waals surface area contributed by atoms with Crippen molar-refractivity contribution in [3.05, 3.63) is 71.3 Å². The van der Waals surface area contributed by atoms with Gasteiger partial charge in [0.15, 0.2) is 5.78 Å². The van der Waals surface area contributed by atoms with Gasteiger partial charge in [0.2, 0.25) is 5.91 Å². The molecule has 1 aromatic carbocycles. The lowest BCUT2D eigenvalue weighted by atomic mass is 9.89. The average Bonchev–Trinajstić information content (AvgIpc) is 2.95. The predicted octanol–water partition coefficient (Wildman–Crippen LogP) is 3.91. The third-order valence-corrected chi connectivity index (χ3v) is 4.74. The highest BCUT2D eigenvalue weighted by Crippen LogP contribution is 2.23. The molecule has 0 fully saturated rings. The lowest BCUT2D eigenvalue weighted by Gasteiger charge is -2.15. The first-order valence-electron chi connectivity index (χ1n) is 9.18. The van der Waals surface area contributed by atoms with Crippen molar-refractivity contribution >= 4 is 17.8 Å². The van der Waals surface area contributed by atoms with Crippen LogP contribution in [0.25, 0.3) is 6.08 Å². The van der Waals surface area contributed by atoms with Crippen molar-refractivity contribution in [1.29, 1.82) is 0 Å². The molecule has 148 valence electrons. The van der Waals surface area contributed by atoms with Crippen LogP contribution in [0.3, 0.4) is 0 Å². The Balaban J connectivity index is 2.40. The molecule has 0 radical (unpaired) electrons. The molecule has 1 heterocycles. The second-order valence-electron chi connectivity index (χ2n) is 7.11. The topological polar surface area (TPSA) is 78.0 Å². The summed E-state index contributed by atoms with van der Waals surface area (Å²) in [6.45, 7) is 9.65. The summed E-state index contributed by atoms with van der Waals surface area (Å²) >= 11 is 0. The van der Waals surface area contributed by atoms with E-state index in [-0.39, 0.29) is 23.9 Å². The Labute approximate surface area is 164 Å². The van der Waals surface area contributed by atoms with E-state index >= 15 is 0 Å². The van der Waals surface area contributed by atoms with Crippen LogP contribution in [0.2, 0.25) is 0 Å². The van der Waals surface area contributed by atoms with Gasteiger partial charge in [-0.15, -0.1) is 0 Å². The quantitative estimate of drug-likeness (QED) is 0.527. The number of Topliss-reactive ketones (excluding diaryl/α,β-unsaturated/α-hetero) is 1. The summed E-state index contributed by atoms with van der Waals surface area (Å²) in [4.78, 5) is 24.6. The monoisotopic (exact) mass is 383 g/mol. The Morgan fingerprint density at radius 3 is 2.46 bits per heavy atom. The predicted molar refractivity (Wildman–Crippen MR) is 108 cm³/mol. The normalized spacial score (nSPS) is 12.5. The van der Waals surface area contributed by atoms with Gasteiger partial charge in [-0.25, -0.2) is 4.39 Å². The first-order valence-corrected chi connectivity index (χ1v) is 9.18. The minimum atomic E-state index is -0.550. The van der Waals surface area contributed by atoms with Crippen LogP contribution in [-0.2, 0) is 11.3 Å². The maximum Gasteiger partial charge on any atom is 0.221 e. The Morgan fingerprint density at radius 1 is 1.29 bits per heavy atom. The number of carbonyl (C=O) groups excluding carboxylic acids is 2. The van der Waals surface area contributed by atoms with Gasteiger partial charge in [-0.1, -0.05) is 50.8 Å². The number of amides is 1. The Bertz CT molecular complexity index is 895. The fourth-order valence-corrected chi connectivity index (χ4v) is 3.01. The number of carbonyl (C=O) groups is 2. The smallest absolute Gasteiger partial charge is 0.221 e. The van der Waals surface area contributed by atoms with Gasteiger partial charge in [0.05, 0.1) is 6.54 Å². The van der Waals surface area contributed by atoms with Crippen molar-refractivity contribution in [3.63, 3.8) is 0 Å². The minimum absolute atomic E-state index is 0.00886.